The van der Waals surface area contributed by atoms with Crippen molar-refractivity contribution in [2.45, 2.75) is 33.6 Å². The van der Waals surface area contributed by atoms with E-state index in [2.05, 4.69) is 6.92 Å². The van der Waals surface area contributed by atoms with Gasteiger partial charge < -0.3 is 5.11 Å². The highest BCUT2D eigenvalue weighted by Crippen LogP contribution is 2.00. The Morgan fingerprint density at radius 1 is 1.36 bits per heavy atom. The maximum atomic E-state index is 11.5. The van der Waals surface area contributed by atoms with Gasteiger partial charge in [-0.3, -0.25) is 9.69 Å². The summed E-state index contributed by atoms with van der Waals surface area (Å²) in [6, 6.07) is 0. The summed E-state index contributed by atoms with van der Waals surface area (Å²) >= 11 is 0. The molecule has 0 aromatic heterocycles. The minimum Gasteiger partial charge on any atom is -0.395 e. The van der Waals surface area contributed by atoms with Crippen molar-refractivity contribution in [3.8, 4) is 0 Å². The molecule has 0 unspecified atom stereocenters. The highest BCUT2D eigenvalue weighted by Gasteiger charge is 2.12. The fraction of sp³-hybridized carbons (Fsp3) is 0.909. The van der Waals surface area contributed by atoms with E-state index in [1.807, 2.05) is 18.7 Å². The van der Waals surface area contributed by atoms with Crippen molar-refractivity contribution < 1.29 is 9.90 Å². The van der Waals surface area contributed by atoms with Crippen molar-refractivity contribution in [3.05, 3.63) is 0 Å². The zero-order valence-corrected chi connectivity index (χ0v) is 9.62. The SMILES string of the molecule is CCCCN(CCO)CC(=O)C(C)C. The van der Waals surface area contributed by atoms with Gasteiger partial charge in [0.25, 0.3) is 0 Å². The molecule has 1 N–H and O–H groups in total. The number of carbonyl (C=O) groups is 1. The molecule has 0 aromatic carbocycles. The third-order valence-electron chi connectivity index (χ3n) is 2.27. The molecule has 0 amide bonds. The van der Waals surface area contributed by atoms with E-state index in [9.17, 15) is 4.79 Å². The summed E-state index contributed by atoms with van der Waals surface area (Å²) in [6.45, 7) is 8.10. The lowest BCUT2D eigenvalue weighted by Crippen LogP contribution is -2.34. The minimum absolute atomic E-state index is 0.0952. The summed E-state index contributed by atoms with van der Waals surface area (Å²) in [5, 5.41) is 8.83. The second-order valence-corrected chi connectivity index (χ2v) is 3.97. The van der Waals surface area contributed by atoms with Crippen LogP contribution in [0.1, 0.15) is 33.6 Å². The number of aliphatic hydroxyl groups is 1. The molecule has 0 bridgehead atoms. The maximum Gasteiger partial charge on any atom is 0.149 e. The van der Waals surface area contributed by atoms with Crippen LogP contribution >= 0.6 is 0 Å². The Balaban J connectivity index is 3.88. The number of hydrogen-bond donors (Lipinski definition) is 1. The van der Waals surface area contributed by atoms with Crippen LogP contribution in [-0.2, 0) is 4.79 Å². The number of carbonyl (C=O) groups excluding carboxylic acids is 1. The Hall–Kier alpha value is -0.410. The minimum atomic E-state index is 0.0952. The van der Waals surface area contributed by atoms with E-state index in [1.54, 1.807) is 0 Å². The molecule has 0 saturated carbocycles. The van der Waals surface area contributed by atoms with Gasteiger partial charge in [-0.1, -0.05) is 27.2 Å². The van der Waals surface area contributed by atoms with Gasteiger partial charge in [0.1, 0.15) is 5.78 Å². The van der Waals surface area contributed by atoms with Gasteiger partial charge in [-0.25, -0.2) is 0 Å². The highest BCUT2D eigenvalue weighted by atomic mass is 16.3. The monoisotopic (exact) mass is 201 g/mol. The first kappa shape index (κ1) is 13.6. The molecule has 3 heteroatoms. The van der Waals surface area contributed by atoms with E-state index in [1.165, 1.54) is 0 Å². The summed E-state index contributed by atoms with van der Waals surface area (Å²) in [5.74, 6) is 0.354. The number of aliphatic hydroxyl groups excluding tert-OH is 1. The first-order chi connectivity index (χ1) is 6.61. The van der Waals surface area contributed by atoms with Crippen LogP contribution in [0, 0.1) is 5.92 Å². The number of ketones is 1. The lowest BCUT2D eigenvalue weighted by Gasteiger charge is -2.20. The molecule has 84 valence electrons. The number of unbranched alkanes of at least 4 members (excludes halogenated alkanes) is 1. The predicted octanol–water partition coefficient (Wildman–Crippen LogP) is 1.31. The lowest BCUT2D eigenvalue weighted by molar-refractivity contribution is -0.123. The molecule has 0 aliphatic rings. The largest absolute Gasteiger partial charge is 0.395 e. The summed E-state index contributed by atoms with van der Waals surface area (Å²) in [7, 11) is 0. The number of hydrogen-bond acceptors (Lipinski definition) is 3. The standard InChI is InChI=1S/C11H23NO2/c1-4-5-6-12(7-8-13)9-11(14)10(2)3/h10,13H,4-9H2,1-3H3. The molecular weight excluding hydrogens is 178 g/mol. The van der Waals surface area contributed by atoms with E-state index in [4.69, 9.17) is 5.11 Å². The van der Waals surface area contributed by atoms with Gasteiger partial charge in [-0.15, -0.1) is 0 Å². The Kier molecular flexibility index (Phi) is 7.71. The summed E-state index contributed by atoms with van der Waals surface area (Å²) < 4.78 is 0. The predicted molar refractivity (Wildman–Crippen MR) is 58.3 cm³/mol. The van der Waals surface area contributed by atoms with Crippen molar-refractivity contribution in [2.24, 2.45) is 5.92 Å². The second kappa shape index (κ2) is 7.94. The van der Waals surface area contributed by atoms with E-state index >= 15 is 0 Å². The zero-order chi connectivity index (χ0) is 11.0. The van der Waals surface area contributed by atoms with Crippen LogP contribution in [0.4, 0.5) is 0 Å². The van der Waals surface area contributed by atoms with Crippen LogP contribution in [0.15, 0.2) is 0 Å². The fourth-order valence-corrected chi connectivity index (χ4v) is 1.20. The van der Waals surface area contributed by atoms with E-state index in [0.717, 1.165) is 19.4 Å². The third-order valence-corrected chi connectivity index (χ3v) is 2.27. The maximum absolute atomic E-state index is 11.5. The van der Waals surface area contributed by atoms with Crippen molar-refractivity contribution in [1.82, 2.24) is 4.90 Å². The van der Waals surface area contributed by atoms with Crippen molar-refractivity contribution in [3.63, 3.8) is 0 Å². The van der Waals surface area contributed by atoms with Gasteiger partial charge >= 0.3 is 0 Å². The highest BCUT2D eigenvalue weighted by molar-refractivity contribution is 5.82. The fourth-order valence-electron chi connectivity index (χ4n) is 1.20. The van der Waals surface area contributed by atoms with Crippen molar-refractivity contribution in [2.75, 3.05) is 26.2 Å². The zero-order valence-electron chi connectivity index (χ0n) is 9.62. The Morgan fingerprint density at radius 3 is 2.43 bits per heavy atom. The molecule has 0 rings (SSSR count). The van der Waals surface area contributed by atoms with E-state index < -0.39 is 0 Å². The summed E-state index contributed by atoms with van der Waals surface area (Å²) in [4.78, 5) is 13.5. The van der Waals surface area contributed by atoms with Crippen LogP contribution in [-0.4, -0.2) is 42.0 Å². The van der Waals surface area contributed by atoms with Crippen LogP contribution in [0.2, 0.25) is 0 Å². The van der Waals surface area contributed by atoms with E-state index in [-0.39, 0.29) is 18.3 Å². The van der Waals surface area contributed by atoms with Crippen molar-refractivity contribution in [1.29, 1.82) is 0 Å². The van der Waals surface area contributed by atoms with Gasteiger partial charge in [-0.05, 0) is 13.0 Å². The molecule has 0 atom stereocenters. The van der Waals surface area contributed by atoms with E-state index in [0.29, 0.717) is 13.1 Å². The van der Waals surface area contributed by atoms with Crippen molar-refractivity contribution >= 4 is 5.78 Å². The Labute approximate surface area is 87.1 Å². The Bertz CT molecular complexity index is 157. The molecule has 0 spiro atoms. The molecule has 0 aromatic rings. The van der Waals surface area contributed by atoms with Crippen LogP contribution in [0.5, 0.6) is 0 Å². The molecule has 0 saturated heterocycles. The molecular formula is C11H23NO2. The van der Waals surface area contributed by atoms with Crippen LogP contribution < -0.4 is 0 Å². The molecule has 0 aliphatic heterocycles. The topological polar surface area (TPSA) is 40.5 Å². The molecule has 0 fully saturated rings. The van der Waals surface area contributed by atoms with Gasteiger partial charge in [0.2, 0.25) is 0 Å². The van der Waals surface area contributed by atoms with Crippen LogP contribution in [0.3, 0.4) is 0 Å². The molecule has 14 heavy (non-hydrogen) atoms. The van der Waals surface area contributed by atoms with Gasteiger partial charge in [0.15, 0.2) is 0 Å². The third kappa shape index (κ3) is 6.11. The quantitative estimate of drug-likeness (QED) is 0.643. The molecule has 0 radical (unpaired) electrons. The average molecular weight is 201 g/mol. The normalized spacial score (nSPS) is 11.3. The Morgan fingerprint density at radius 2 is 2.00 bits per heavy atom. The molecule has 0 aliphatic carbocycles. The molecule has 0 heterocycles. The van der Waals surface area contributed by atoms with Gasteiger partial charge in [-0.2, -0.15) is 0 Å². The number of nitrogens with zero attached hydrogens (tertiary/aromatic N) is 1. The second-order valence-electron chi connectivity index (χ2n) is 3.97. The molecule has 3 nitrogen and oxygen atoms in total. The first-order valence-corrected chi connectivity index (χ1v) is 5.47. The first-order valence-electron chi connectivity index (χ1n) is 5.47. The summed E-state index contributed by atoms with van der Waals surface area (Å²) in [6.07, 6.45) is 2.21. The number of rotatable bonds is 8. The lowest BCUT2D eigenvalue weighted by atomic mass is 10.1. The van der Waals surface area contributed by atoms with Crippen LogP contribution in [0.25, 0.3) is 0 Å². The van der Waals surface area contributed by atoms with Gasteiger partial charge in [0.05, 0.1) is 13.2 Å². The smallest absolute Gasteiger partial charge is 0.149 e. The van der Waals surface area contributed by atoms with Gasteiger partial charge in [0, 0.05) is 12.5 Å². The summed E-state index contributed by atoms with van der Waals surface area (Å²) in [5.41, 5.74) is 0. The average Bonchev–Trinajstić information content (AvgIpc) is 2.14. The number of Topliss-reactive ketones (excluding diaryl/α,β-unsaturated/α-hetero) is 1.